The van der Waals surface area contributed by atoms with Crippen molar-refractivity contribution in [3.63, 3.8) is 0 Å². The van der Waals surface area contributed by atoms with Crippen molar-refractivity contribution in [3.8, 4) is 0 Å². The first-order chi connectivity index (χ1) is 7.63. The van der Waals surface area contributed by atoms with Crippen molar-refractivity contribution in [1.29, 1.82) is 0 Å². The number of hydrogen-bond donors (Lipinski definition) is 0. The molecule has 0 bridgehead atoms. The zero-order valence-corrected chi connectivity index (χ0v) is 10.1. The number of oxazole rings is 1. The average molecular weight is 240 g/mol. The van der Waals surface area contributed by atoms with E-state index in [1.54, 1.807) is 7.05 Å². The summed E-state index contributed by atoms with van der Waals surface area (Å²) in [5.74, 6) is -0.339. The summed E-state index contributed by atoms with van der Waals surface area (Å²) < 4.78 is 6.60. The minimum absolute atomic E-state index is 0.0140. The van der Waals surface area contributed by atoms with Crippen LogP contribution in [0.3, 0.4) is 0 Å². The Morgan fingerprint density at radius 1 is 1.50 bits per heavy atom. The van der Waals surface area contributed by atoms with E-state index in [0.29, 0.717) is 5.58 Å². The smallest absolute Gasteiger partial charge is 0.408 e. The Balaban J connectivity index is 2.48. The van der Waals surface area contributed by atoms with E-state index in [0.717, 1.165) is 23.9 Å². The third-order valence-corrected chi connectivity index (χ3v) is 3.19. The summed E-state index contributed by atoms with van der Waals surface area (Å²) in [6.07, 6.45) is 1.95. The number of aromatic nitrogens is 1. The largest absolute Gasteiger partial charge is 0.419 e. The molecule has 4 heteroatoms. The second kappa shape index (κ2) is 4.34. The van der Waals surface area contributed by atoms with Gasteiger partial charge in [-0.15, -0.1) is 11.6 Å². The molecule has 16 heavy (non-hydrogen) atoms. The van der Waals surface area contributed by atoms with Crippen molar-refractivity contribution in [1.82, 2.24) is 4.57 Å². The number of aryl methyl sites for hydroxylation is 1. The lowest BCUT2D eigenvalue weighted by Crippen LogP contribution is -2.08. The molecular formula is C12H14ClNO2. The third kappa shape index (κ3) is 1.87. The Bertz CT molecular complexity index is 556. The summed E-state index contributed by atoms with van der Waals surface area (Å²) in [6.45, 7) is 2.09. The van der Waals surface area contributed by atoms with Gasteiger partial charge >= 0.3 is 5.76 Å². The molecule has 0 aliphatic rings. The average Bonchev–Trinajstić information content (AvgIpc) is 2.55. The van der Waals surface area contributed by atoms with Gasteiger partial charge in [0.2, 0.25) is 0 Å². The number of alkyl halides is 1. The maximum absolute atomic E-state index is 11.3. The van der Waals surface area contributed by atoms with Gasteiger partial charge in [0.05, 0.1) is 10.9 Å². The molecule has 0 aliphatic carbocycles. The van der Waals surface area contributed by atoms with Gasteiger partial charge in [-0.2, -0.15) is 0 Å². The SMILES string of the molecule is CCCC(Cl)c1ccc2c(c1)oc(=O)n2C. The molecule has 0 aliphatic heterocycles. The van der Waals surface area contributed by atoms with Crippen LogP contribution in [0, 0.1) is 0 Å². The fourth-order valence-electron chi connectivity index (χ4n) is 1.77. The fourth-order valence-corrected chi connectivity index (χ4v) is 2.12. The first-order valence-corrected chi connectivity index (χ1v) is 5.80. The third-order valence-electron chi connectivity index (χ3n) is 2.72. The Kier molecular flexibility index (Phi) is 3.06. The molecule has 0 saturated heterocycles. The summed E-state index contributed by atoms with van der Waals surface area (Å²) in [5, 5.41) is -0.0140. The topological polar surface area (TPSA) is 35.1 Å². The fraction of sp³-hybridized carbons (Fsp3) is 0.417. The van der Waals surface area contributed by atoms with Crippen molar-refractivity contribution in [2.24, 2.45) is 7.05 Å². The van der Waals surface area contributed by atoms with Crippen molar-refractivity contribution in [2.45, 2.75) is 25.1 Å². The molecule has 1 atom stereocenters. The van der Waals surface area contributed by atoms with Crippen LogP contribution >= 0.6 is 11.6 Å². The van der Waals surface area contributed by atoms with Crippen molar-refractivity contribution >= 4 is 22.7 Å². The highest BCUT2D eigenvalue weighted by Crippen LogP contribution is 2.27. The number of hydrogen-bond acceptors (Lipinski definition) is 2. The van der Waals surface area contributed by atoms with Crippen molar-refractivity contribution < 1.29 is 4.42 Å². The molecular weight excluding hydrogens is 226 g/mol. The van der Waals surface area contributed by atoms with Gasteiger partial charge in [0.1, 0.15) is 0 Å². The van der Waals surface area contributed by atoms with E-state index in [-0.39, 0.29) is 11.1 Å². The van der Waals surface area contributed by atoms with E-state index in [1.165, 1.54) is 4.57 Å². The molecule has 1 aromatic heterocycles. The first-order valence-electron chi connectivity index (χ1n) is 5.37. The van der Waals surface area contributed by atoms with E-state index in [4.69, 9.17) is 16.0 Å². The van der Waals surface area contributed by atoms with Crippen LogP contribution in [-0.2, 0) is 7.05 Å². The number of fused-ring (bicyclic) bond motifs is 1. The Labute approximate surface area is 98.6 Å². The monoisotopic (exact) mass is 239 g/mol. The Morgan fingerprint density at radius 3 is 2.94 bits per heavy atom. The molecule has 86 valence electrons. The quantitative estimate of drug-likeness (QED) is 0.771. The first kappa shape index (κ1) is 11.3. The van der Waals surface area contributed by atoms with E-state index in [9.17, 15) is 4.79 Å². The molecule has 2 rings (SSSR count). The van der Waals surface area contributed by atoms with E-state index < -0.39 is 0 Å². The van der Waals surface area contributed by atoms with Gasteiger partial charge in [-0.1, -0.05) is 19.4 Å². The zero-order valence-electron chi connectivity index (χ0n) is 9.37. The number of benzene rings is 1. The van der Waals surface area contributed by atoms with Crippen LogP contribution in [0.25, 0.3) is 11.1 Å². The van der Waals surface area contributed by atoms with Crippen LogP contribution in [-0.4, -0.2) is 4.57 Å². The van der Waals surface area contributed by atoms with Gasteiger partial charge in [-0.3, -0.25) is 4.57 Å². The molecule has 1 aromatic carbocycles. The molecule has 2 aromatic rings. The molecule has 0 fully saturated rings. The van der Waals surface area contributed by atoms with Gasteiger partial charge in [-0.05, 0) is 24.1 Å². The number of rotatable bonds is 3. The highest BCUT2D eigenvalue weighted by molar-refractivity contribution is 6.20. The van der Waals surface area contributed by atoms with Crippen LogP contribution in [0.4, 0.5) is 0 Å². The second-order valence-corrected chi connectivity index (χ2v) is 4.44. The van der Waals surface area contributed by atoms with Gasteiger partial charge in [0.15, 0.2) is 5.58 Å². The predicted octanol–water partition coefficient (Wildman–Crippen LogP) is 3.21. The molecule has 0 radical (unpaired) electrons. The van der Waals surface area contributed by atoms with Gasteiger partial charge in [0.25, 0.3) is 0 Å². The summed E-state index contributed by atoms with van der Waals surface area (Å²) in [6, 6.07) is 5.68. The van der Waals surface area contributed by atoms with Gasteiger partial charge in [-0.25, -0.2) is 4.79 Å². The molecule has 0 amide bonds. The molecule has 1 heterocycles. The van der Waals surface area contributed by atoms with Crippen LogP contribution < -0.4 is 5.76 Å². The van der Waals surface area contributed by atoms with E-state index in [1.807, 2.05) is 18.2 Å². The Hall–Kier alpha value is -1.22. The number of halogens is 1. The normalized spacial score (nSPS) is 13.2. The highest BCUT2D eigenvalue weighted by atomic mass is 35.5. The molecule has 0 spiro atoms. The van der Waals surface area contributed by atoms with Crippen molar-refractivity contribution in [3.05, 3.63) is 34.3 Å². The Morgan fingerprint density at radius 2 is 2.25 bits per heavy atom. The van der Waals surface area contributed by atoms with Crippen LogP contribution in [0.1, 0.15) is 30.7 Å². The summed E-state index contributed by atoms with van der Waals surface area (Å²) >= 11 is 6.23. The van der Waals surface area contributed by atoms with E-state index in [2.05, 4.69) is 6.92 Å². The lowest BCUT2D eigenvalue weighted by Gasteiger charge is -2.07. The second-order valence-electron chi connectivity index (χ2n) is 3.91. The maximum atomic E-state index is 11.3. The van der Waals surface area contributed by atoms with Gasteiger partial charge < -0.3 is 4.42 Å². The predicted molar refractivity (Wildman–Crippen MR) is 65.0 cm³/mol. The lowest BCUT2D eigenvalue weighted by molar-refractivity contribution is 0.527. The summed E-state index contributed by atoms with van der Waals surface area (Å²) in [7, 11) is 1.69. The lowest BCUT2D eigenvalue weighted by atomic mass is 10.1. The molecule has 0 saturated carbocycles. The van der Waals surface area contributed by atoms with Crippen molar-refractivity contribution in [2.75, 3.05) is 0 Å². The van der Waals surface area contributed by atoms with E-state index >= 15 is 0 Å². The standard InChI is InChI=1S/C12H14ClNO2/c1-3-4-9(13)8-5-6-10-11(7-8)16-12(15)14(10)2/h5-7,9H,3-4H2,1-2H3. The maximum Gasteiger partial charge on any atom is 0.419 e. The summed E-state index contributed by atoms with van der Waals surface area (Å²) in [5.41, 5.74) is 2.41. The van der Waals surface area contributed by atoms with Crippen LogP contribution in [0.5, 0.6) is 0 Å². The molecule has 0 N–H and O–H groups in total. The number of nitrogens with zero attached hydrogens (tertiary/aromatic N) is 1. The molecule has 3 nitrogen and oxygen atoms in total. The minimum atomic E-state index is -0.339. The van der Waals surface area contributed by atoms with Crippen LogP contribution in [0.2, 0.25) is 0 Å². The summed E-state index contributed by atoms with van der Waals surface area (Å²) in [4.78, 5) is 11.3. The van der Waals surface area contributed by atoms with Crippen LogP contribution in [0.15, 0.2) is 27.4 Å². The zero-order chi connectivity index (χ0) is 11.7. The van der Waals surface area contributed by atoms with Gasteiger partial charge in [0, 0.05) is 7.05 Å². The molecule has 1 unspecified atom stereocenters. The minimum Gasteiger partial charge on any atom is -0.408 e. The highest BCUT2D eigenvalue weighted by Gasteiger charge is 2.11.